The van der Waals surface area contributed by atoms with E-state index in [4.69, 9.17) is 11.6 Å². The van der Waals surface area contributed by atoms with Crippen molar-refractivity contribution in [1.29, 1.82) is 0 Å². The maximum absolute atomic E-state index is 6.03. The second kappa shape index (κ2) is 6.15. The number of rotatable bonds is 3. The van der Waals surface area contributed by atoms with Gasteiger partial charge in [-0.15, -0.1) is 11.3 Å². The number of halogens is 1. The van der Waals surface area contributed by atoms with E-state index in [9.17, 15) is 0 Å². The summed E-state index contributed by atoms with van der Waals surface area (Å²) in [6.45, 7) is 2.27. The van der Waals surface area contributed by atoms with Crippen molar-refractivity contribution in [2.45, 2.75) is 64.0 Å². The molecule has 1 N–H and O–H groups in total. The standard InChI is InChI=1S/C16H24ClNS/c1-11(15-8-9-16(17)19-15)18-14-7-6-12-4-2-3-5-13(12)10-14/h8-9,11-14,18H,2-7,10H2,1H3. The van der Waals surface area contributed by atoms with Gasteiger partial charge in [0.1, 0.15) is 0 Å². The molecular weight excluding hydrogens is 274 g/mol. The Labute approximate surface area is 125 Å². The van der Waals surface area contributed by atoms with Crippen molar-refractivity contribution in [1.82, 2.24) is 5.32 Å². The second-order valence-corrected chi connectivity index (χ2v) is 8.09. The Hall–Kier alpha value is -0.0500. The molecular formula is C16H24ClNS. The number of thiophene rings is 1. The van der Waals surface area contributed by atoms with E-state index in [0.29, 0.717) is 6.04 Å². The van der Waals surface area contributed by atoms with Crippen molar-refractivity contribution >= 4 is 22.9 Å². The molecule has 1 aromatic rings. The molecule has 0 saturated heterocycles. The molecule has 1 aromatic heterocycles. The van der Waals surface area contributed by atoms with Gasteiger partial charge >= 0.3 is 0 Å². The lowest BCUT2D eigenvalue weighted by Gasteiger charge is -2.40. The molecule has 2 fully saturated rings. The first kappa shape index (κ1) is 13.9. The van der Waals surface area contributed by atoms with Gasteiger partial charge in [-0.25, -0.2) is 0 Å². The van der Waals surface area contributed by atoms with Crippen LogP contribution >= 0.6 is 22.9 Å². The lowest BCUT2D eigenvalue weighted by Crippen LogP contribution is -2.39. The van der Waals surface area contributed by atoms with Gasteiger partial charge in [-0.05, 0) is 50.2 Å². The van der Waals surface area contributed by atoms with Gasteiger partial charge in [-0.2, -0.15) is 0 Å². The summed E-state index contributed by atoms with van der Waals surface area (Å²) >= 11 is 7.74. The maximum Gasteiger partial charge on any atom is 0.0931 e. The molecule has 0 bridgehead atoms. The van der Waals surface area contributed by atoms with Crippen LogP contribution in [0.5, 0.6) is 0 Å². The minimum absolute atomic E-state index is 0.447. The number of hydrogen-bond acceptors (Lipinski definition) is 2. The van der Waals surface area contributed by atoms with Crippen LogP contribution in [-0.4, -0.2) is 6.04 Å². The van der Waals surface area contributed by atoms with Crippen LogP contribution < -0.4 is 5.32 Å². The Balaban J connectivity index is 1.55. The summed E-state index contributed by atoms with van der Waals surface area (Å²) in [5.41, 5.74) is 0. The number of hydrogen-bond donors (Lipinski definition) is 1. The van der Waals surface area contributed by atoms with Crippen LogP contribution in [0.3, 0.4) is 0 Å². The highest BCUT2D eigenvalue weighted by molar-refractivity contribution is 7.16. The van der Waals surface area contributed by atoms with E-state index in [1.165, 1.54) is 49.8 Å². The Bertz CT molecular complexity index is 417. The zero-order valence-electron chi connectivity index (χ0n) is 11.7. The summed E-state index contributed by atoms with van der Waals surface area (Å²) < 4.78 is 0.902. The minimum atomic E-state index is 0.447. The smallest absolute Gasteiger partial charge is 0.0931 e. The first-order valence-corrected chi connectivity index (χ1v) is 8.93. The van der Waals surface area contributed by atoms with Crippen LogP contribution in [0, 0.1) is 11.8 Å². The van der Waals surface area contributed by atoms with E-state index in [2.05, 4.69) is 18.3 Å². The Morgan fingerprint density at radius 3 is 2.68 bits per heavy atom. The molecule has 19 heavy (non-hydrogen) atoms. The van der Waals surface area contributed by atoms with Crippen molar-refractivity contribution in [2.75, 3.05) is 0 Å². The third-order valence-electron chi connectivity index (χ3n) is 5.05. The lowest BCUT2D eigenvalue weighted by atomic mass is 9.69. The van der Waals surface area contributed by atoms with Gasteiger partial charge in [0.15, 0.2) is 0 Å². The summed E-state index contributed by atoms with van der Waals surface area (Å²) in [6.07, 6.45) is 10.1. The Morgan fingerprint density at radius 2 is 1.95 bits per heavy atom. The average molecular weight is 298 g/mol. The monoisotopic (exact) mass is 297 g/mol. The van der Waals surface area contributed by atoms with Crippen LogP contribution in [0.25, 0.3) is 0 Å². The molecule has 0 spiro atoms. The van der Waals surface area contributed by atoms with Crippen molar-refractivity contribution in [3.63, 3.8) is 0 Å². The summed E-state index contributed by atoms with van der Waals surface area (Å²) in [6, 6.07) is 5.34. The van der Waals surface area contributed by atoms with Crippen molar-refractivity contribution < 1.29 is 0 Å². The Kier molecular flexibility index (Phi) is 4.51. The van der Waals surface area contributed by atoms with Crippen LogP contribution in [0.4, 0.5) is 0 Å². The van der Waals surface area contributed by atoms with Crippen molar-refractivity contribution in [3.05, 3.63) is 21.3 Å². The molecule has 0 radical (unpaired) electrons. The summed E-state index contributed by atoms with van der Waals surface area (Å²) in [5.74, 6) is 2.04. The molecule has 0 aliphatic heterocycles. The van der Waals surface area contributed by atoms with E-state index in [-0.39, 0.29) is 0 Å². The number of fused-ring (bicyclic) bond motifs is 1. The molecule has 1 nitrogen and oxygen atoms in total. The fraction of sp³-hybridized carbons (Fsp3) is 0.750. The van der Waals surface area contributed by atoms with Gasteiger partial charge < -0.3 is 5.32 Å². The van der Waals surface area contributed by atoms with Crippen molar-refractivity contribution in [2.24, 2.45) is 11.8 Å². The average Bonchev–Trinajstić information content (AvgIpc) is 2.85. The zero-order chi connectivity index (χ0) is 13.2. The van der Waals surface area contributed by atoms with E-state index in [1.54, 1.807) is 11.3 Å². The third-order valence-corrected chi connectivity index (χ3v) is 6.46. The normalized spacial score (nSPS) is 32.8. The van der Waals surface area contributed by atoms with E-state index >= 15 is 0 Å². The van der Waals surface area contributed by atoms with Crippen LogP contribution in [0.1, 0.15) is 62.8 Å². The molecule has 106 valence electrons. The predicted molar refractivity (Wildman–Crippen MR) is 84.0 cm³/mol. The van der Waals surface area contributed by atoms with E-state index in [0.717, 1.165) is 22.2 Å². The molecule has 3 rings (SSSR count). The van der Waals surface area contributed by atoms with Gasteiger partial charge in [-0.1, -0.05) is 37.3 Å². The summed E-state index contributed by atoms with van der Waals surface area (Å²) in [5, 5.41) is 3.83. The highest BCUT2D eigenvalue weighted by Crippen LogP contribution is 2.41. The largest absolute Gasteiger partial charge is 0.307 e. The second-order valence-electron chi connectivity index (χ2n) is 6.34. The Morgan fingerprint density at radius 1 is 1.16 bits per heavy atom. The lowest BCUT2D eigenvalue weighted by molar-refractivity contribution is 0.139. The van der Waals surface area contributed by atoms with Gasteiger partial charge in [0, 0.05) is 17.0 Å². The molecule has 0 amide bonds. The maximum atomic E-state index is 6.03. The number of nitrogens with one attached hydrogen (secondary N) is 1. The molecule has 2 aliphatic rings. The van der Waals surface area contributed by atoms with Gasteiger partial charge in [-0.3, -0.25) is 0 Å². The zero-order valence-corrected chi connectivity index (χ0v) is 13.3. The van der Waals surface area contributed by atoms with E-state index in [1.807, 2.05) is 6.07 Å². The quantitative estimate of drug-likeness (QED) is 0.786. The fourth-order valence-corrected chi connectivity index (χ4v) is 5.09. The molecule has 3 heteroatoms. The molecule has 4 unspecified atom stereocenters. The highest BCUT2D eigenvalue weighted by atomic mass is 35.5. The SMILES string of the molecule is CC(NC1CCC2CCCCC2C1)c1ccc(Cl)s1. The first-order chi connectivity index (χ1) is 9.22. The van der Waals surface area contributed by atoms with E-state index < -0.39 is 0 Å². The molecule has 1 heterocycles. The van der Waals surface area contributed by atoms with Gasteiger partial charge in [0.2, 0.25) is 0 Å². The molecule has 4 atom stereocenters. The third kappa shape index (κ3) is 3.34. The predicted octanol–water partition coefficient (Wildman–Crippen LogP) is 5.41. The molecule has 0 aromatic carbocycles. The highest BCUT2D eigenvalue weighted by Gasteiger charge is 2.32. The summed E-state index contributed by atoms with van der Waals surface area (Å²) in [4.78, 5) is 1.37. The molecule has 2 saturated carbocycles. The topological polar surface area (TPSA) is 12.0 Å². The van der Waals surface area contributed by atoms with Crippen LogP contribution in [-0.2, 0) is 0 Å². The summed E-state index contributed by atoms with van der Waals surface area (Å²) in [7, 11) is 0. The molecule has 2 aliphatic carbocycles. The van der Waals surface area contributed by atoms with Crippen molar-refractivity contribution in [3.8, 4) is 0 Å². The minimum Gasteiger partial charge on any atom is -0.307 e. The first-order valence-electron chi connectivity index (χ1n) is 7.73. The fourth-order valence-electron chi connectivity index (χ4n) is 4.02. The van der Waals surface area contributed by atoms with Crippen LogP contribution in [0.2, 0.25) is 4.34 Å². The van der Waals surface area contributed by atoms with Gasteiger partial charge in [0.25, 0.3) is 0 Å². The van der Waals surface area contributed by atoms with Crippen LogP contribution in [0.15, 0.2) is 12.1 Å². The van der Waals surface area contributed by atoms with Gasteiger partial charge in [0.05, 0.1) is 4.34 Å².